The number of hydrogen-bond donors (Lipinski definition) is 1. The van der Waals surface area contributed by atoms with Crippen LogP contribution in [0.15, 0.2) is 36.5 Å². The number of benzene rings is 1. The minimum absolute atomic E-state index is 0.134. The van der Waals surface area contributed by atoms with Crippen molar-refractivity contribution in [2.75, 3.05) is 5.32 Å². The van der Waals surface area contributed by atoms with Crippen LogP contribution in [-0.2, 0) is 6.54 Å². The minimum Gasteiger partial charge on any atom is -0.376 e. The fourth-order valence-corrected chi connectivity index (χ4v) is 1.53. The zero-order valence-corrected chi connectivity index (χ0v) is 9.32. The summed E-state index contributed by atoms with van der Waals surface area (Å²) >= 11 is 0. The first-order valence-corrected chi connectivity index (χ1v) is 5.24. The molecule has 90 valence electrons. The van der Waals surface area contributed by atoms with Crippen LogP contribution >= 0.6 is 0 Å². The fraction of sp³-hybridized carbons (Fsp3) is 0.0769. The first-order valence-electron chi connectivity index (χ1n) is 5.24. The molecule has 0 amide bonds. The summed E-state index contributed by atoms with van der Waals surface area (Å²) in [7, 11) is 0. The van der Waals surface area contributed by atoms with Crippen LogP contribution in [0.1, 0.15) is 11.3 Å². The van der Waals surface area contributed by atoms with Crippen LogP contribution < -0.4 is 5.32 Å². The largest absolute Gasteiger partial charge is 0.376 e. The van der Waals surface area contributed by atoms with Crippen LogP contribution in [0.2, 0.25) is 0 Å². The number of pyridine rings is 1. The van der Waals surface area contributed by atoms with Gasteiger partial charge in [-0.25, -0.2) is 13.8 Å². The lowest BCUT2D eigenvalue weighted by Crippen LogP contribution is -2.05. The lowest BCUT2D eigenvalue weighted by Gasteiger charge is -2.09. The number of anilines is 1. The van der Waals surface area contributed by atoms with Crippen LogP contribution in [0.3, 0.4) is 0 Å². The SMILES string of the molecule is N#Cc1ncccc1CNc1c(F)cccc1F. The Balaban J connectivity index is 2.20. The van der Waals surface area contributed by atoms with Crippen LogP contribution in [0, 0.1) is 23.0 Å². The predicted octanol–water partition coefficient (Wildman–Crippen LogP) is 2.84. The van der Waals surface area contributed by atoms with Gasteiger partial charge in [0.25, 0.3) is 0 Å². The number of nitriles is 1. The molecule has 1 heterocycles. The maximum atomic E-state index is 13.4. The standard InChI is InChI=1S/C13H9F2N3/c14-10-4-1-5-11(15)13(10)18-8-9-3-2-6-17-12(9)7-16/h1-6,18H,8H2. The molecule has 0 unspecified atom stereocenters. The summed E-state index contributed by atoms with van der Waals surface area (Å²) < 4.78 is 26.7. The molecule has 0 radical (unpaired) electrons. The van der Waals surface area contributed by atoms with Crippen LogP contribution in [0.5, 0.6) is 0 Å². The molecular formula is C13H9F2N3. The molecule has 2 aromatic rings. The Morgan fingerprint density at radius 2 is 1.89 bits per heavy atom. The second-order valence-corrected chi connectivity index (χ2v) is 3.57. The van der Waals surface area contributed by atoms with Gasteiger partial charge < -0.3 is 5.32 Å². The van der Waals surface area contributed by atoms with Crippen molar-refractivity contribution >= 4 is 5.69 Å². The van der Waals surface area contributed by atoms with Crippen LogP contribution in [0.25, 0.3) is 0 Å². The van der Waals surface area contributed by atoms with E-state index >= 15 is 0 Å². The van der Waals surface area contributed by atoms with Gasteiger partial charge in [-0.1, -0.05) is 12.1 Å². The smallest absolute Gasteiger partial charge is 0.149 e. The third kappa shape index (κ3) is 2.43. The van der Waals surface area contributed by atoms with Crippen molar-refractivity contribution in [2.45, 2.75) is 6.54 Å². The van der Waals surface area contributed by atoms with E-state index < -0.39 is 11.6 Å². The lowest BCUT2D eigenvalue weighted by molar-refractivity contribution is 0.588. The molecular weight excluding hydrogens is 236 g/mol. The Bertz CT molecular complexity index is 585. The zero-order chi connectivity index (χ0) is 13.0. The van der Waals surface area contributed by atoms with Crippen molar-refractivity contribution in [3.63, 3.8) is 0 Å². The molecule has 0 saturated carbocycles. The van der Waals surface area contributed by atoms with E-state index in [9.17, 15) is 8.78 Å². The molecule has 0 saturated heterocycles. The summed E-state index contributed by atoms with van der Waals surface area (Å²) in [5, 5.41) is 11.5. The van der Waals surface area contributed by atoms with Gasteiger partial charge in [0, 0.05) is 18.3 Å². The second kappa shape index (κ2) is 5.23. The van der Waals surface area contributed by atoms with E-state index in [4.69, 9.17) is 5.26 Å². The second-order valence-electron chi connectivity index (χ2n) is 3.57. The number of rotatable bonds is 3. The van der Waals surface area contributed by atoms with Gasteiger partial charge in [0.1, 0.15) is 29.1 Å². The molecule has 1 N–H and O–H groups in total. The van der Waals surface area contributed by atoms with Crippen LogP contribution in [0.4, 0.5) is 14.5 Å². The molecule has 1 aromatic heterocycles. The van der Waals surface area contributed by atoms with Crippen molar-refractivity contribution < 1.29 is 8.78 Å². The zero-order valence-electron chi connectivity index (χ0n) is 9.32. The number of nitrogens with zero attached hydrogens (tertiary/aromatic N) is 2. The number of halogens is 2. The van der Waals surface area contributed by atoms with Gasteiger partial charge in [-0.15, -0.1) is 0 Å². The third-order valence-corrected chi connectivity index (χ3v) is 2.42. The molecule has 0 bridgehead atoms. The Morgan fingerprint density at radius 1 is 1.17 bits per heavy atom. The van der Waals surface area contributed by atoms with Crippen molar-refractivity contribution in [1.29, 1.82) is 5.26 Å². The molecule has 0 atom stereocenters. The van der Waals surface area contributed by atoms with Crippen molar-refractivity contribution in [1.82, 2.24) is 4.98 Å². The molecule has 3 nitrogen and oxygen atoms in total. The summed E-state index contributed by atoms with van der Waals surface area (Å²) in [6, 6.07) is 8.89. The van der Waals surface area contributed by atoms with E-state index in [1.165, 1.54) is 24.4 Å². The average molecular weight is 245 g/mol. The minimum atomic E-state index is -0.669. The average Bonchev–Trinajstić information content (AvgIpc) is 2.38. The van der Waals surface area contributed by atoms with Gasteiger partial charge in [-0.05, 0) is 18.2 Å². The highest BCUT2D eigenvalue weighted by molar-refractivity contribution is 5.47. The summed E-state index contributed by atoms with van der Waals surface area (Å²) in [6.45, 7) is 0.134. The third-order valence-electron chi connectivity index (χ3n) is 2.42. The number of aromatic nitrogens is 1. The van der Waals surface area contributed by atoms with Gasteiger partial charge in [0.15, 0.2) is 0 Å². The molecule has 2 rings (SSSR count). The Kier molecular flexibility index (Phi) is 3.49. The number of nitrogens with one attached hydrogen (secondary N) is 1. The fourth-order valence-electron chi connectivity index (χ4n) is 1.53. The predicted molar refractivity (Wildman–Crippen MR) is 62.6 cm³/mol. The van der Waals surface area contributed by atoms with Gasteiger partial charge in [-0.2, -0.15) is 5.26 Å². The Labute approximate surface area is 103 Å². The van der Waals surface area contributed by atoms with Crippen molar-refractivity contribution in [2.24, 2.45) is 0 Å². The number of hydrogen-bond acceptors (Lipinski definition) is 3. The van der Waals surface area contributed by atoms with Crippen molar-refractivity contribution in [3.05, 3.63) is 59.4 Å². The van der Waals surface area contributed by atoms with Crippen molar-refractivity contribution in [3.8, 4) is 6.07 Å². The summed E-state index contributed by atoms with van der Waals surface area (Å²) in [5.74, 6) is -1.34. The monoisotopic (exact) mass is 245 g/mol. The summed E-state index contributed by atoms with van der Waals surface area (Å²) in [4.78, 5) is 3.87. The highest BCUT2D eigenvalue weighted by atomic mass is 19.1. The Morgan fingerprint density at radius 3 is 2.56 bits per heavy atom. The molecule has 0 aliphatic carbocycles. The quantitative estimate of drug-likeness (QED) is 0.904. The first-order chi connectivity index (χ1) is 8.72. The highest BCUT2D eigenvalue weighted by Gasteiger charge is 2.09. The van der Waals surface area contributed by atoms with E-state index in [0.29, 0.717) is 5.56 Å². The lowest BCUT2D eigenvalue weighted by atomic mass is 10.2. The van der Waals surface area contributed by atoms with E-state index in [2.05, 4.69) is 10.3 Å². The normalized spacial score (nSPS) is 9.83. The maximum absolute atomic E-state index is 13.4. The molecule has 0 spiro atoms. The van der Waals surface area contributed by atoms with Gasteiger partial charge >= 0.3 is 0 Å². The number of para-hydroxylation sites is 1. The van der Waals surface area contributed by atoms with E-state index in [1.807, 2.05) is 6.07 Å². The molecule has 18 heavy (non-hydrogen) atoms. The first kappa shape index (κ1) is 12.0. The van der Waals surface area contributed by atoms with E-state index in [-0.39, 0.29) is 17.9 Å². The molecule has 5 heteroatoms. The van der Waals surface area contributed by atoms with E-state index in [0.717, 1.165) is 0 Å². The summed E-state index contributed by atoms with van der Waals surface area (Å²) in [6.07, 6.45) is 1.49. The molecule has 0 fully saturated rings. The molecule has 1 aromatic carbocycles. The van der Waals surface area contributed by atoms with Crippen LogP contribution in [-0.4, -0.2) is 4.98 Å². The van der Waals surface area contributed by atoms with Gasteiger partial charge in [0.2, 0.25) is 0 Å². The molecule has 0 aliphatic rings. The maximum Gasteiger partial charge on any atom is 0.149 e. The molecule has 0 aliphatic heterocycles. The van der Waals surface area contributed by atoms with E-state index in [1.54, 1.807) is 12.1 Å². The highest BCUT2D eigenvalue weighted by Crippen LogP contribution is 2.19. The van der Waals surface area contributed by atoms with Gasteiger partial charge in [-0.3, -0.25) is 0 Å². The van der Waals surface area contributed by atoms with Gasteiger partial charge in [0.05, 0.1) is 0 Å². The summed E-state index contributed by atoms with van der Waals surface area (Å²) in [5.41, 5.74) is 0.620. The Hall–Kier alpha value is -2.48. The topological polar surface area (TPSA) is 48.7 Å².